The largest absolute Gasteiger partial charge is 0.495 e. The average molecular weight is 327 g/mol. The summed E-state index contributed by atoms with van der Waals surface area (Å²) < 4.78 is 24.3. The predicted octanol–water partition coefficient (Wildman–Crippen LogP) is 3.67. The van der Waals surface area contributed by atoms with E-state index in [9.17, 15) is 4.39 Å². The minimum Gasteiger partial charge on any atom is -0.495 e. The third-order valence-corrected chi connectivity index (χ3v) is 4.29. The van der Waals surface area contributed by atoms with Crippen LogP contribution in [0.25, 0.3) is 11.1 Å². The first-order valence-corrected chi connectivity index (χ1v) is 7.93. The summed E-state index contributed by atoms with van der Waals surface area (Å²) in [5.74, 6) is 0.557. The number of anilines is 2. The van der Waals surface area contributed by atoms with E-state index in [-0.39, 0.29) is 11.9 Å². The molecule has 2 aromatic carbocycles. The summed E-state index contributed by atoms with van der Waals surface area (Å²) in [5, 5.41) is 3.30. The van der Waals surface area contributed by atoms with Crippen LogP contribution in [0.2, 0.25) is 0 Å². The van der Waals surface area contributed by atoms with E-state index in [4.69, 9.17) is 9.15 Å². The maximum atomic E-state index is 13.2. The van der Waals surface area contributed by atoms with E-state index in [2.05, 4.69) is 21.3 Å². The van der Waals surface area contributed by atoms with Gasteiger partial charge in [0.15, 0.2) is 5.58 Å². The second-order valence-corrected chi connectivity index (χ2v) is 5.88. The van der Waals surface area contributed by atoms with E-state index in [0.717, 1.165) is 30.9 Å². The van der Waals surface area contributed by atoms with Crippen LogP contribution in [0.5, 0.6) is 5.75 Å². The Hall–Kier alpha value is -2.76. The van der Waals surface area contributed by atoms with E-state index in [0.29, 0.717) is 17.1 Å². The highest BCUT2D eigenvalue weighted by atomic mass is 19.1. The monoisotopic (exact) mass is 327 g/mol. The number of hydrogen-bond donors (Lipinski definition) is 1. The van der Waals surface area contributed by atoms with Crippen molar-refractivity contribution in [1.29, 1.82) is 0 Å². The molecule has 1 aliphatic heterocycles. The second-order valence-electron chi connectivity index (χ2n) is 5.88. The van der Waals surface area contributed by atoms with E-state index in [1.807, 2.05) is 18.2 Å². The summed E-state index contributed by atoms with van der Waals surface area (Å²) in [6.45, 7) is 1.75. The zero-order chi connectivity index (χ0) is 16.5. The highest BCUT2D eigenvalue weighted by molar-refractivity contribution is 5.74. The summed E-state index contributed by atoms with van der Waals surface area (Å²) in [6, 6.07) is 13.0. The van der Waals surface area contributed by atoms with Gasteiger partial charge in [0.1, 0.15) is 17.1 Å². The maximum absolute atomic E-state index is 13.2. The van der Waals surface area contributed by atoms with Gasteiger partial charge in [-0.1, -0.05) is 12.1 Å². The molecule has 24 heavy (non-hydrogen) atoms. The van der Waals surface area contributed by atoms with Gasteiger partial charge in [0.05, 0.1) is 12.8 Å². The highest BCUT2D eigenvalue weighted by Crippen LogP contribution is 2.31. The molecule has 1 aromatic heterocycles. The number of para-hydroxylation sites is 2. The Kier molecular flexibility index (Phi) is 3.72. The Labute approximate surface area is 139 Å². The molecule has 6 heteroatoms. The molecule has 0 aliphatic carbocycles. The molecule has 1 fully saturated rings. The Bertz CT molecular complexity index is 864. The summed E-state index contributed by atoms with van der Waals surface area (Å²) in [6.07, 6.45) is 0.963. The van der Waals surface area contributed by atoms with Crippen LogP contribution in [0, 0.1) is 5.82 Å². The first-order valence-electron chi connectivity index (χ1n) is 7.93. The number of methoxy groups -OCH3 is 1. The third kappa shape index (κ3) is 2.75. The summed E-state index contributed by atoms with van der Waals surface area (Å²) >= 11 is 0. The smallest absolute Gasteiger partial charge is 0.295 e. The first kappa shape index (κ1) is 14.8. The van der Waals surface area contributed by atoms with Gasteiger partial charge in [-0.15, -0.1) is 0 Å². The first-order chi connectivity index (χ1) is 11.7. The molecule has 2 heterocycles. The Morgan fingerprint density at radius 3 is 3.04 bits per heavy atom. The number of aromatic nitrogens is 1. The molecule has 0 radical (unpaired) electrons. The van der Waals surface area contributed by atoms with Crippen molar-refractivity contribution in [2.24, 2.45) is 0 Å². The number of oxazole rings is 1. The average Bonchev–Trinajstić information content (AvgIpc) is 3.21. The van der Waals surface area contributed by atoms with Crippen LogP contribution >= 0.6 is 0 Å². The summed E-state index contributed by atoms with van der Waals surface area (Å²) in [4.78, 5) is 6.58. The van der Waals surface area contributed by atoms with Gasteiger partial charge in [-0.05, 0) is 30.7 Å². The van der Waals surface area contributed by atoms with Gasteiger partial charge in [0, 0.05) is 25.2 Å². The topological polar surface area (TPSA) is 50.5 Å². The molecule has 1 saturated heterocycles. The van der Waals surface area contributed by atoms with Crippen molar-refractivity contribution < 1.29 is 13.5 Å². The molecule has 124 valence electrons. The fourth-order valence-electron chi connectivity index (χ4n) is 3.12. The van der Waals surface area contributed by atoms with E-state index in [1.165, 1.54) is 12.1 Å². The molecule has 5 nitrogen and oxygen atoms in total. The van der Waals surface area contributed by atoms with Gasteiger partial charge in [-0.2, -0.15) is 4.98 Å². The number of rotatable bonds is 4. The van der Waals surface area contributed by atoms with Crippen molar-refractivity contribution in [3.8, 4) is 5.75 Å². The lowest BCUT2D eigenvalue weighted by Gasteiger charge is -2.21. The molecule has 0 amide bonds. The Morgan fingerprint density at radius 1 is 1.29 bits per heavy atom. The predicted molar refractivity (Wildman–Crippen MR) is 91.2 cm³/mol. The van der Waals surface area contributed by atoms with Crippen LogP contribution in [-0.2, 0) is 0 Å². The van der Waals surface area contributed by atoms with Gasteiger partial charge >= 0.3 is 0 Å². The number of nitrogens with one attached hydrogen (secondary N) is 1. The lowest BCUT2D eigenvalue weighted by molar-refractivity contribution is 0.415. The molecular formula is C18H18FN3O2. The van der Waals surface area contributed by atoms with Gasteiger partial charge in [0.25, 0.3) is 6.01 Å². The quantitative estimate of drug-likeness (QED) is 0.792. The van der Waals surface area contributed by atoms with Crippen LogP contribution in [0.15, 0.2) is 46.9 Å². The second kappa shape index (κ2) is 6.03. The number of fused-ring (bicyclic) bond motifs is 1. The molecule has 0 saturated carbocycles. The standard InChI is InChI=1S/C18H18FN3O2/c1-23-17-5-3-2-4-15(17)22-9-8-13(11-22)20-18-21-14-10-12(19)6-7-16(14)24-18/h2-7,10,13H,8-9,11H2,1H3,(H,20,21). The lowest BCUT2D eigenvalue weighted by atomic mass is 10.2. The molecular weight excluding hydrogens is 309 g/mol. The number of nitrogens with zero attached hydrogens (tertiary/aromatic N) is 2. The van der Waals surface area contributed by atoms with Gasteiger partial charge in [0.2, 0.25) is 0 Å². The van der Waals surface area contributed by atoms with E-state index < -0.39 is 0 Å². The van der Waals surface area contributed by atoms with Crippen molar-refractivity contribution in [3.63, 3.8) is 0 Å². The molecule has 3 aromatic rings. The van der Waals surface area contributed by atoms with Gasteiger partial charge in [-0.25, -0.2) is 4.39 Å². The minimum atomic E-state index is -0.314. The molecule has 0 spiro atoms. The molecule has 1 unspecified atom stereocenters. The normalized spacial score (nSPS) is 17.4. The minimum absolute atomic E-state index is 0.216. The maximum Gasteiger partial charge on any atom is 0.295 e. The Morgan fingerprint density at radius 2 is 2.17 bits per heavy atom. The number of hydrogen-bond acceptors (Lipinski definition) is 5. The molecule has 1 aliphatic rings. The zero-order valence-electron chi connectivity index (χ0n) is 13.3. The highest BCUT2D eigenvalue weighted by Gasteiger charge is 2.25. The van der Waals surface area contributed by atoms with Crippen molar-refractivity contribution in [2.45, 2.75) is 12.5 Å². The SMILES string of the molecule is COc1ccccc1N1CCC(Nc2nc3cc(F)ccc3o2)C1. The van der Waals surface area contributed by atoms with Crippen LogP contribution in [0.3, 0.4) is 0 Å². The van der Waals surface area contributed by atoms with Crippen LogP contribution in [0.4, 0.5) is 16.1 Å². The van der Waals surface area contributed by atoms with Crippen molar-refractivity contribution in [3.05, 3.63) is 48.3 Å². The van der Waals surface area contributed by atoms with Crippen molar-refractivity contribution in [2.75, 3.05) is 30.4 Å². The number of halogens is 1. The number of ether oxygens (including phenoxy) is 1. The van der Waals surface area contributed by atoms with Gasteiger partial charge in [-0.3, -0.25) is 0 Å². The van der Waals surface area contributed by atoms with Crippen molar-refractivity contribution in [1.82, 2.24) is 4.98 Å². The molecule has 0 bridgehead atoms. The number of benzene rings is 2. The van der Waals surface area contributed by atoms with Crippen LogP contribution in [-0.4, -0.2) is 31.2 Å². The van der Waals surface area contributed by atoms with Crippen LogP contribution in [0.1, 0.15) is 6.42 Å². The lowest BCUT2D eigenvalue weighted by Crippen LogP contribution is -2.26. The summed E-state index contributed by atoms with van der Waals surface area (Å²) in [5.41, 5.74) is 2.19. The van der Waals surface area contributed by atoms with Crippen molar-refractivity contribution >= 4 is 22.8 Å². The Balaban J connectivity index is 1.48. The van der Waals surface area contributed by atoms with E-state index >= 15 is 0 Å². The van der Waals surface area contributed by atoms with Gasteiger partial charge < -0.3 is 19.4 Å². The zero-order valence-corrected chi connectivity index (χ0v) is 13.3. The molecule has 4 rings (SSSR count). The third-order valence-electron chi connectivity index (χ3n) is 4.29. The molecule has 1 atom stereocenters. The summed E-state index contributed by atoms with van der Waals surface area (Å²) in [7, 11) is 1.68. The van der Waals surface area contributed by atoms with Crippen LogP contribution < -0.4 is 15.0 Å². The van der Waals surface area contributed by atoms with E-state index in [1.54, 1.807) is 13.2 Å². The fourth-order valence-corrected chi connectivity index (χ4v) is 3.12. The fraction of sp³-hybridized carbons (Fsp3) is 0.278. The molecule has 1 N–H and O–H groups in total.